The van der Waals surface area contributed by atoms with Gasteiger partial charge in [-0.1, -0.05) is 176 Å². The van der Waals surface area contributed by atoms with Crippen molar-refractivity contribution in [3.8, 4) is 33.4 Å². The molecule has 0 aliphatic rings. The molecule has 0 saturated carbocycles. The Morgan fingerprint density at radius 3 is 1.57 bits per heavy atom. The number of anilines is 3. The van der Waals surface area contributed by atoms with Gasteiger partial charge in [-0.2, -0.15) is 0 Å². The molecule has 0 saturated heterocycles. The molecular weight excluding hydrogens is 639 g/mol. The van der Waals surface area contributed by atoms with Crippen LogP contribution in [0.4, 0.5) is 17.1 Å². The summed E-state index contributed by atoms with van der Waals surface area (Å²) >= 11 is 0. The SMILES string of the molecule is c1cc(-c2ccccc2N(c2ccc(-c3ccc4c(ccc5ccccc54)c3)cc2)c2cccc3ccccc23)cc(-c2cccc3ccccc23)c1. The zero-order chi connectivity index (χ0) is 35.1. The Labute approximate surface area is 309 Å². The number of benzene rings is 10. The maximum Gasteiger partial charge on any atom is 0.0540 e. The van der Waals surface area contributed by atoms with Crippen LogP contribution in [0.15, 0.2) is 212 Å². The van der Waals surface area contributed by atoms with E-state index in [0.717, 1.165) is 17.1 Å². The first-order valence-corrected chi connectivity index (χ1v) is 18.3. The van der Waals surface area contributed by atoms with Crippen LogP contribution in [0.2, 0.25) is 0 Å². The summed E-state index contributed by atoms with van der Waals surface area (Å²) in [6.07, 6.45) is 0. The smallest absolute Gasteiger partial charge is 0.0540 e. The highest BCUT2D eigenvalue weighted by Crippen LogP contribution is 2.44. The molecule has 248 valence electrons. The van der Waals surface area contributed by atoms with E-state index in [0.29, 0.717) is 0 Å². The molecule has 0 unspecified atom stereocenters. The maximum atomic E-state index is 2.43. The molecule has 0 radical (unpaired) electrons. The molecule has 0 amide bonds. The van der Waals surface area contributed by atoms with Crippen molar-refractivity contribution in [2.24, 2.45) is 0 Å². The highest BCUT2D eigenvalue weighted by Gasteiger charge is 2.19. The van der Waals surface area contributed by atoms with Crippen LogP contribution in [0, 0.1) is 0 Å². The van der Waals surface area contributed by atoms with Gasteiger partial charge in [-0.15, -0.1) is 0 Å². The van der Waals surface area contributed by atoms with Crippen LogP contribution in [0.5, 0.6) is 0 Å². The molecule has 0 heterocycles. The van der Waals surface area contributed by atoms with Crippen molar-refractivity contribution in [2.45, 2.75) is 0 Å². The summed E-state index contributed by atoms with van der Waals surface area (Å²) in [5, 5.41) is 10.0. The number of para-hydroxylation sites is 1. The number of fused-ring (bicyclic) bond motifs is 5. The van der Waals surface area contributed by atoms with Gasteiger partial charge in [-0.25, -0.2) is 0 Å². The Morgan fingerprint density at radius 2 is 0.755 bits per heavy atom. The van der Waals surface area contributed by atoms with Gasteiger partial charge in [-0.3, -0.25) is 0 Å². The molecule has 10 aromatic rings. The lowest BCUT2D eigenvalue weighted by Gasteiger charge is -2.29. The maximum absolute atomic E-state index is 2.43. The predicted molar refractivity (Wildman–Crippen MR) is 227 cm³/mol. The topological polar surface area (TPSA) is 3.24 Å². The van der Waals surface area contributed by atoms with Gasteiger partial charge in [0.25, 0.3) is 0 Å². The summed E-state index contributed by atoms with van der Waals surface area (Å²) < 4.78 is 0. The van der Waals surface area contributed by atoms with Crippen LogP contribution in [0.1, 0.15) is 0 Å². The van der Waals surface area contributed by atoms with E-state index < -0.39 is 0 Å². The Kier molecular flexibility index (Phi) is 7.55. The molecule has 0 bridgehead atoms. The van der Waals surface area contributed by atoms with Gasteiger partial charge in [0.1, 0.15) is 0 Å². The van der Waals surface area contributed by atoms with E-state index in [4.69, 9.17) is 0 Å². The van der Waals surface area contributed by atoms with Gasteiger partial charge >= 0.3 is 0 Å². The van der Waals surface area contributed by atoms with Crippen molar-refractivity contribution in [3.63, 3.8) is 0 Å². The second kappa shape index (κ2) is 13.0. The second-order valence-electron chi connectivity index (χ2n) is 13.7. The highest BCUT2D eigenvalue weighted by atomic mass is 15.1. The molecule has 10 rings (SSSR count). The fourth-order valence-electron chi connectivity index (χ4n) is 8.05. The van der Waals surface area contributed by atoms with Gasteiger partial charge in [-0.05, 0) is 102 Å². The molecule has 0 aromatic heterocycles. The lowest BCUT2D eigenvalue weighted by atomic mass is 9.94. The molecule has 0 fully saturated rings. The lowest BCUT2D eigenvalue weighted by Crippen LogP contribution is -2.11. The number of rotatable bonds is 6. The second-order valence-corrected chi connectivity index (χ2v) is 13.7. The summed E-state index contributed by atoms with van der Waals surface area (Å²) in [5.41, 5.74) is 10.6. The minimum absolute atomic E-state index is 1.11. The van der Waals surface area contributed by atoms with Crippen molar-refractivity contribution in [1.82, 2.24) is 0 Å². The fourth-order valence-corrected chi connectivity index (χ4v) is 8.05. The predicted octanol–water partition coefficient (Wildman–Crippen LogP) is 14.8. The Hall–Kier alpha value is -6.96. The van der Waals surface area contributed by atoms with Crippen molar-refractivity contribution in [3.05, 3.63) is 212 Å². The van der Waals surface area contributed by atoms with Crippen molar-refractivity contribution >= 4 is 60.2 Å². The van der Waals surface area contributed by atoms with E-state index in [1.807, 2.05) is 0 Å². The molecule has 0 spiro atoms. The van der Waals surface area contributed by atoms with Gasteiger partial charge in [0, 0.05) is 16.6 Å². The van der Waals surface area contributed by atoms with Crippen LogP contribution in [-0.4, -0.2) is 0 Å². The molecule has 0 atom stereocenters. The standard InChI is InChI=1S/C52H35N/c1-4-19-45-37(12-1)15-10-23-47(45)41-17-9-18-42(35-41)50-22-7-8-24-51(50)53(52-25-11-16-38-13-3-6-21-49(38)52)44-31-28-36(29-32-44)40-30-33-48-43(34-40)27-26-39-14-2-5-20-46(39)48/h1-35H. The van der Waals surface area contributed by atoms with Gasteiger partial charge in [0.05, 0.1) is 11.4 Å². The average Bonchev–Trinajstić information content (AvgIpc) is 3.24. The number of hydrogen-bond donors (Lipinski definition) is 0. The Morgan fingerprint density at radius 1 is 0.245 bits per heavy atom. The van der Waals surface area contributed by atoms with Crippen molar-refractivity contribution in [1.29, 1.82) is 0 Å². The lowest BCUT2D eigenvalue weighted by molar-refractivity contribution is 1.30. The molecule has 0 N–H and O–H groups in total. The summed E-state index contributed by atoms with van der Waals surface area (Å²) in [5.74, 6) is 0. The van der Waals surface area contributed by atoms with E-state index in [9.17, 15) is 0 Å². The van der Waals surface area contributed by atoms with Crippen molar-refractivity contribution < 1.29 is 0 Å². The van der Waals surface area contributed by atoms with E-state index >= 15 is 0 Å². The third kappa shape index (κ3) is 5.51. The Balaban J connectivity index is 1.11. The summed E-state index contributed by atoms with van der Waals surface area (Å²) in [6, 6.07) is 77.3. The van der Waals surface area contributed by atoms with Crippen LogP contribution in [0.3, 0.4) is 0 Å². The number of hydrogen-bond acceptors (Lipinski definition) is 1. The highest BCUT2D eigenvalue weighted by molar-refractivity contribution is 6.08. The first-order valence-electron chi connectivity index (χ1n) is 18.3. The monoisotopic (exact) mass is 673 g/mol. The van der Waals surface area contributed by atoms with Crippen molar-refractivity contribution in [2.75, 3.05) is 4.90 Å². The van der Waals surface area contributed by atoms with Crippen LogP contribution < -0.4 is 4.90 Å². The van der Waals surface area contributed by atoms with Crippen LogP contribution in [-0.2, 0) is 0 Å². The molecule has 0 aliphatic carbocycles. The number of nitrogens with zero attached hydrogens (tertiary/aromatic N) is 1. The molecule has 1 heteroatoms. The quantitative estimate of drug-likeness (QED) is 0.159. The van der Waals surface area contributed by atoms with E-state index in [-0.39, 0.29) is 0 Å². The summed E-state index contributed by atoms with van der Waals surface area (Å²) in [6.45, 7) is 0. The van der Waals surface area contributed by atoms with Gasteiger partial charge in [0.15, 0.2) is 0 Å². The zero-order valence-electron chi connectivity index (χ0n) is 29.2. The van der Waals surface area contributed by atoms with Crippen LogP contribution >= 0.6 is 0 Å². The first kappa shape index (κ1) is 30.8. The zero-order valence-corrected chi connectivity index (χ0v) is 29.2. The van der Waals surface area contributed by atoms with Gasteiger partial charge < -0.3 is 4.90 Å². The first-order chi connectivity index (χ1) is 26.3. The average molecular weight is 674 g/mol. The van der Waals surface area contributed by atoms with Crippen LogP contribution in [0.25, 0.3) is 76.5 Å². The molecule has 10 aromatic carbocycles. The normalized spacial score (nSPS) is 11.4. The fraction of sp³-hybridized carbons (Fsp3) is 0. The largest absolute Gasteiger partial charge is 0.309 e. The van der Waals surface area contributed by atoms with E-state index in [1.54, 1.807) is 0 Å². The summed E-state index contributed by atoms with van der Waals surface area (Å²) in [7, 11) is 0. The molecular formula is C52H35N. The minimum atomic E-state index is 1.11. The molecule has 0 aliphatic heterocycles. The van der Waals surface area contributed by atoms with Gasteiger partial charge in [0.2, 0.25) is 0 Å². The van der Waals surface area contributed by atoms with E-state index in [2.05, 4.69) is 217 Å². The third-order valence-electron chi connectivity index (χ3n) is 10.6. The Bertz CT molecular complexity index is 2940. The summed E-state index contributed by atoms with van der Waals surface area (Å²) in [4.78, 5) is 2.43. The van der Waals surface area contributed by atoms with E-state index in [1.165, 1.54) is 76.5 Å². The molecule has 53 heavy (non-hydrogen) atoms. The molecule has 1 nitrogen and oxygen atoms in total. The third-order valence-corrected chi connectivity index (χ3v) is 10.6. The minimum Gasteiger partial charge on any atom is -0.309 e.